The fourth-order valence-electron chi connectivity index (χ4n) is 3.65. The third-order valence-electron chi connectivity index (χ3n) is 4.78. The Balaban J connectivity index is 2.11. The van der Waals surface area contributed by atoms with Crippen LogP contribution in [0.2, 0.25) is 10.0 Å². The summed E-state index contributed by atoms with van der Waals surface area (Å²) in [6.07, 6.45) is 0. The van der Waals surface area contributed by atoms with Gasteiger partial charge in [-0.3, -0.25) is 14.4 Å². The van der Waals surface area contributed by atoms with Crippen LogP contribution in [-0.4, -0.2) is 21.9 Å². The number of aromatic nitrogens is 1. The van der Waals surface area contributed by atoms with Gasteiger partial charge in [0.1, 0.15) is 5.69 Å². The molecule has 1 aliphatic rings. The SMILES string of the molecule is CC(=O)c1c2c(n(-c3ccc(Cl)c(Cl)c3)c1C)C(=O)c1ccccc1C2=O. The molecule has 0 unspecified atom stereocenters. The van der Waals surface area contributed by atoms with Gasteiger partial charge in [0.25, 0.3) is 0 Å². The van der Waals surface area contributed by atoms with Gasteiger partial charge in [0.15, 0.2) is 11.6 Å². The van der Waals surface area contributed by atoms with Crippen LogP contribution in [0.25, 0.3) is 5.69 Å². The van der Waals surface area contributed by atoms with Gasteiger partial charge < -0.3 is 4.57 Å². The van der Waals surface area contributed by atoms with Crippen molar-refractivity contribution in [1.82, 2.24) is 4.57 Å². The summed E-state index contributed by atoms with van der Waals surface area (Å²) in [4.78, 5) is 38.7. The van der Waals surface area contributed by atoms with E-state index in [1.54, 1.807) is 54.0 Å². The average Bonchev–Trinajstić information content (AvgIpc) is 2.95. The van der Waals surface area contributed by atoms with E-state index in [1.165, 1.54) is 6.92 Å². The lowest BCUT2D eigenvalue weighted by Crippen LogP contribution is -2.23. The number of benzene rings is 2. The number of fused-ring (bicyclic) bond motifs is 2. The predicted molar refractivity (Wildman–Crippen MR) is 104 cm³/mol. The van der Waals surface area contributed by atoms with Crippen molar-refractivity contribution in [2.45, 2.75) is 13.8 Å². The second kappa shape index (κ2) is 6.19. The minimum absolute atomic E-state index is 0.148. The highest BCUT2D eigenvalue weighted by Crippen LogP contribution is 2.36. The van der Waals surface area contributed by atoms with Crippen LogP contribution in [-0.2, 0) is 0 Å². The van der Waals surface area contributed by atoms with E-state index in [4.69, 9.17) is 23.2 Å². The molecule has 4 nitrogen and oxygen atoms in total. The van der Waals surface area contributed by atoms with Gasteiger partial charge in [-0.1, -0.05) is 47.5 Å². The quantitative estimate of drug-likeness (QED) is 0.443. The van der Waals surface area contributed by atoms with Gasteiger partial charge in [-0.2, -0.15) is 0 Å². The number of hydrogen-bond acceptors (Lipinski definition) is 3. The molecule has 134 valence electrons. The van der Waals surface area contributed by atoms with Gasteiger partial charge in [-0.05, 0) is 32.0 Å². The van der Waals surface area contributed by atoms with E-state index in [0.29, 0.717) is 32.6 Å². The molecule has 4 rings (SSSR count). The van der Waals surface area contributed by atoms with Crippen LogP contribution >= 0.6 is 23.2 Å². The summed E-state index contributed by atoms with van der Waals surface area (Å²) in [6, 6.07) is 11.6. The zero-order valence-electron chi connectivity index (χ0n) is 14.5. The molecule has 0 N–H and O–H groups in total. The summed E-state index contributed by atoms with van der Waals surface area (Å²) in [5.41, 5.74) is 2.29. The first-order chi connectivity index (χ1) is 12.8. The van der Waals surface area contributed by atoms with Gasteiger partial charge in [0.2, 0.25) is 5.78 Å². The highest BCUT2D eigenvalue weighted by Gasteiger charge is 2.38. The molecule has 3 aromatic rings. The van der Waals surface area contributed by atoms with E-state index < -0.39 is 0 Å². The molecule has 1 heterocycles. The third kappa shape index (κ3) is 2.48. The number of ketones is 3. The number of rotatable bonds is 2. The zero-order valence-corrected chi connectivity index (χ0v) is 16.0. The van der Waals surface area contributed by atoms with Gasteiger partial charge in [-0.15, -0.1) is 0 Å². The minimum Gasteiger partial charge on any atom is -0.309 e. The first-order valence-corrected chi connectivity index (χ1v) is 8.98. The van der Waals surface area contributed by atoms with Gasteiger partial charge >= 0.3 is 0 Å². The monoisotopic (exact) mass is 397 g/mol. The highest BCUT2D eigenvalue weighted by atomic mass is 35.5. The Kier molecular flexibility index (Phi) is 4.06. The lowest BCUT2D eigenvalue weighted by Gasteiger charge is -2.18. The summed E-state index contributed by atoms with van der Waals surface area (Å²) >= 11 is 12.2. The van der Waals surface area contributed by atoms with Crippen molar-refractivity contribution in [2.24, 2.45) is 0 Å². The molecule has 0 spiro atoms. The molecule has 6 heteroatoms. The Labute approximate surface area is 165 Å². The summed E-state index contributed by atoms with van der Waals surface area (Å²) in [5.74, 6) is -0.905. The fraction of sp³-hybridized carbons (Fsp3) is 0.0952. The molecule has 1 aliphatic carbocycles. The topological polar surface area (TPSA) is 56.1 Å². The fourth-order valence-corrected chi connectivity index (χ4v) is 3.94. The Morgan fingerprint density at radius 2 is 1.56 bits per heavy atom. The van der Waals surface area contributed by atoms with Crippen molar-refractivity contribution in [3.8, 4) is 5.69 Å². The normalized spacial score (nSPS) is 12.7. The highest BCUT2D eigenvalue weighted by molar-refractivity contribution is 6.42. The van der Waals surface area contributed by atoms with E-state index in [0.717, 1.165) is 0 Å². The van der Waals surface area contributed by atoms with E-state index in [-0.39, 0.29) is 34.2 Å². The first kappa shape index (κ1) is 17.7. The molecule has 0 radical (unpaired) electrons. The number of Topliss-reactive ketones (excluding diaryl/α,β-unsaturated/α-hetero) is 1. The zero-order chi connectivity index (χ0) is 19.5. The Morgan fingerprint density at radius 1 is 0.926 bits per heavy atom. The van der Waals surface area contributed by atoms with Crippen LogP contribution < -0.4 is 0 Å². The number of carbonyl (C=O) groups excluding carboxylic acids is 3. The summed E-state index contributed by atoms with van der Waals surface area (Å²) in [5, 5.41) is 0.689. The molecule has 0 bridgehead atoms. The molecule has 2 aromatic carbocycles. The molecule has 0 amide bonds. The lowest BCUT2D eigenvalue weighted by atomic mass is 9.85. The van der Waals surface area contributed by atoms with Gasteiger partial charge in [0.05, 0.1) is 21.2 Å². The maximum absolute atomic E-state index is 13.2. The Bertz CT molecular complexity index is 1170. The van der Waals surface area contributed by atoms with E-state index in [9.17, 15) is 14.4 Å². The number of carbonyl (C=O) groups is 3. The molecule has 1 aromatic heterocycles. The molecule has 0 aliphatic heterocycles. The molecular formula is C21H13Cl2NO3. The van der Waals surface area contributed by atoms with Crippen LogP contribution in [0.15, 0.2) is 42.5 Å². The molecule has 0 fully saturated rings. The van der Waals surface area contributed by atoms with E-state index >= 15 is 0 Å². The molecule has 0 saturated carbocycles. The van der Waals surface area contributed by atoms with Crippen LogP contribution in [0.3, 0.4) is 0 Å². The van der Waals surface area contributed by atoms with E-state index in [1.807, 2.05) is 0 Å². The maximum atomic E-state index is 13.2. The lowest BCUT2D eigenvalue weighted by molar-refractivity contribution is 0.0967. The van der Waals surface area contributed by atoms with Crippen LogP contribution in [0, 0.1) is 6.92 Å². The van der Waals surface area contributed by atoms with Crippen molar-refractivity contribution in [3.63, 3.8) is 0 Å². The summed E-state index contributed by atoms with van der Waals surface area (Å²) in [7, 11) is 0. The Morgan fingerprint density at radius 3 is 2.15 bits per heavy atom. The summed E-state index contributed by atoms with van der Waals surface area (Å²) in [6.45, 7) is 3.10. The van der Waals surface area contributed by atoms with Gasteiger partial charge in [-0.25, -0.2) is 0 Å². The number of hydrogen-bond donors (Lipinski definition) is 0. The summed E-state index contributed by atoms with van der Waals surface area (Å²) < 4.78 is 1.62. The molecule has 0 atom stereocenters. The van der Waals surface area contributed by atoms with Crippen molar-refractivity contribution in [2.75, 3.05) is 0 Å². The van der Waals surface area contributed by atoms with Crippen molar-refractivity contribution in [1.29, 1.82) is 0 Å². The number of nitrogens with zero attached hydrogens (tertiary/aromatic N) is 1. The van der Waals surface area contributed by atoms with Crippen molar-refractivity contribution < 1.29 is 14.4 Å². The van der Waals surface area contributed by atoms with Crippen molar-refractivity contribution >= 4 is 40.6 Å². The van der Waals surface area contributed by atoms with Crippen molar-refractivity contribution in [3.05, 3.63) is 86.2 Å². The largest absolute Gasteiger partial charge is 0.309 e. The average molecular weight is 398 g/mol. The van der Waals surface area contributed by atoms with Crippen LogP contribution in [0.4, 0.5) is 0 Å². The molecule has 0 saturated heterocycles. The molecule has 27 heavy (non-hydrogen) atoms. The van der Waals surface area contributed by atoms with Crippen LogP contribution in [0.5, 0.6) is 0 Å². The standard InChI is InChI=1S/C21H13Cl2NO3/c1-10-17(11(2)25)18-19(24(10)12-7-8-15(22)16(23)9-12)21(27)14-6-4-3-5-13(14)20(18)26/h3-9H,1-2H3. The van der Waals surface area contributed by atoms with Crippen LogP contribution in [0.1, 0.15) is 54.9 Å². The number of halogens is 2. The predicted octanol–water partition coefficient (Wildman–Crippen LogP) is 5.07. The maximum Gasteiger partial charge on any atom is 0.211 e. The first-order valence-electron chi connectivity index (χ1n) is 8.23. The van der Waals surface area contributed by atoms with E-state index in [2.05, 4.69) is 0 Å². The smallest absolute Gasteiger partial charge is 0.211 e. The second-order valence-corrected chi connectivity index (χ2v) is 7.19. The third-order valence-corrected chi connectivity index (χ3v) is 5.52. The minimum atomic E-state index is -0.327. The Hall–Kier alpha value is -2.69. The molecular weight excluding hydrogens is 385 g/mol. The second-order valence-electron chi connectivity index (χ2n) is 6.38. The van der Waals surface area contributed by atoms with Gasteiger partial charge in [0, 0.05) is 22.5 Å².